The molecule has 1 aromatic rings. The first-order valence-corrected chi connectivity index (χ1v) is 4.43. The Labute approximate surface area is 80.9 Å². The van der Waals surface area contributed by atoms with Gasteiger partial charge in [-0.25, -0.2) is 9.98 Å². The predicted octanol–water partition coefficient (Wildman–Crippen LogP) is 0.0153. The summed E-state index contributed by atoms with van der Waals surface area (Å²) >= 11 is 6.13. The molecule has 4 nitrogen and oxygen atoms in total. The summed E-state index contributed by atoms with van der Waals surface area (Å²) in [5.74, 6) is 0. The van der Waals surface area contributed by atoms with Gasteiger partial charge in [-0.05, 0) is 13.8 Å². The summed E-state index contributed by atoms with van der Waals surface area (Å²) in [5.41, 5.74) is 0.368. The molecule has 2 rings (SSSR count). The van der Waals surface area contributed by atoms with Crippen LogP contribution in [0.2, 0.25) is 0 Å². The highest BCUT2D eigenvalue weighted by Crippen LogP contribution is 2.22. The van der Waals surface area contributed by atoms with E-state index in [1.165, 1.54) is 0 Å². The van der Waals surface area contributed by atoms with Gasteiger partial charge in [-0.15, -0.1) is 0 Å². The van der Waals surface area contributed by atoms with Gasteiger partial charge in [0.2, 0.25) is 0 Å². The van der Waals surface area contributed by atoms with Crippen LogP contribution in [0.25, 0.3) is 5.16 Å². The number of aromatic amines is 1. The molecule has 0 aliphatic carbocycles. The van der Waals surface area contributed by atoms with Crippen molar-refractivity contribution < 1.29 is 0 Å². The Morgan fingerprint density at radius 3 is 2.92 bits per heavy atom. The molecule has 13 heavy (non-hydrogen) atoms. The lowest BCUT2D eigenvalue weighted by Crippen LogP contribution is -2.48. The molecular weight excluding hydrogens is 188 g/mol. The van der Waals surface area contributed by atoms with Crippen LogP contribution in [-0.4, -0.2) is 27.6 Å². The van der Waals surface area contributed by atoms with E-state index >= 15 is 0 Å². The van der Waals surface area contributed by atoms with Crippen molar-refractivity contribution >= 4 is 16.8 Å². The van der Waals surface area contributed by atoms with Crippen molar-refractivity contribution in [1.82, 2.24) is 14.9 Å². The normalized spacial score (nSPS) is 19.7. The van der Waals surface area contributed by atoms with Gasteiger partial charge in [-0.2, -0.15) is 0 Å². The van der Waals surface area contributed by atoms with Crippen molar-refractivity contribution in [3.8, 4) is 0 Å². The molecule has 1 aliphatic heterocycles. The molecule has 2 heterocycles. The monoisotopic (exact) mass is 198 g/mol. The molecule has 70 valence electrons. The highest BCUT2D eigenvalue weighted by Gasteiger charge is 2.27. The third kappa shape index (κ3) is 1.13. The molecule has 0 atom stereocenters. The number of nitrogens with one attached hydrogen (secondary N) is 1. The van der Waals surface area contributed by atoms with Crippen LogP contribution < -0.4 is 10.8 Å². The minimum atomic E-state index is -0.320. The first-order valence-electron chi connectivity index (χ1n) is 4.05. The zero-order valence-corrected chi connectivity index (χ0v) is 8.55. The Morgan fingerprint density at radius 1 is 1.54 bits per heavy atom. The Balaban J connectivity index is 2.82. The smallest absolute Gasteiger partial charge is 0.178 e. The number of fused-ring (bicyclic) bond motifs is 1. The van der Waals surface area contributed by atoms with Crippen LogP contribution in [0, 0.1) is 0 Å². The Hall–Kier alpha value is -1.03. The molecule has 1 aromatic heterocycles. The zero-order chi connectivity index (χ0) is 9.64. The predicted molar refractivity (Wildman–Crippen MR) is 50.5 cm³/mol. The van der Waals surface area contributed by atoms with Crippen LogP contribution in [0.3, 0.4) is 0 Å². The van der Waals surface area contributed by atoms with Gasteiger partial charge < -0.3 is 9.88 Å². The average Bonchev–Trinajstić information content (AvgIpc) is 2.47. The van der Waals surface area contributed by atoms with E-state index in [-0.39, 0.29) is 5.66 Å². The summed E-state index contributed by atoms with van der Waals surface area (Å²) in [5, 5.41) is 1.45. The molecule has 0 saturated carbocycles. The molecule has 0 saturated heterocycles. The van der Waals surface area contributed by atoms with Crippen LogP contribution in [0.4, 0.5) is 0 Å². The van der Waals surface area contributed by atoms with E-state index in [1.54, 1.807) is 6.33 Å². The lowest BCUT2D eigenvalue weighted by atomic mass is 10.2. The summed E-state index contributed by atoms with van der Waals surface area (Å²) in [6.07, 6.45) is 1.60. The van der Waals surface area contributed by atoms with E-state index in [9.17, 15) is 0 Å². The first-order chi connectivity index (χ1) is 6.02. The fourth-order valence-electron chi connectivity index (χ4n) is 1.27. The summed E-state index contributed by atoms with van der Waals surface area (Å²) in [4.78, 5) is 13.4. The van der Waals surface area contributed by atoms with Crippen molar-refractivity contribution in [2.45, 2.75) is 19.5 Å². The summed E-state index contributed by atoms with van der Waals surface area (Å²) < 4.78 is 0. The third-order valence-corrected chi connectivity index (χ3v) is 2.76. The second kappa shape index (κ2) is 2.48. The topological polar surface area (TPSA) is 44.3 Å². The van der Waals surface area contributed by atoms with E-state index in [1.807, 2.05) is 25.8 Å². The van der Waals surface area contributed by atoms with Crippen molar-refractivity contribution in [1.29, 1.82) is 0 Å². The molecule has 0 spiro atoms. The van der Waals surface area contributed by atoms with Crippen molar-refractivity contribution in [2.24, 2.45) is 4.99 Å². The van der Waals surface area contributed by atoms with Crippen molar-refractivity contribution in [3.05, 3.63) is 17.2 Å². The van der Waals surface area contributed by atoms with Gasteiger partial charge in [0, 0.05) is 7.05 Å². The third-order valence-electron chi connectivity index (χ3n) is 2.32. The van der Waals surface area contributed by atoms with E-state index in [0.29, 0.717) is 10.6 Å². The Kier molecular flexibility index (Phi) is 1.63. The maximum atomic E-state index is 6.13. The molecule has 0 bridgehead atoms. The molecule has 1 aliphatic rings. The minimum absolute atomic E-state index is 0.320. The Bertz CT molecular complexity index is 445. The average molecular weight is 199 g/mol. The number of imidazole rings is 1. The van der Waals surface area contributed by atoms with Gasteiger partial charge in [0.1, 0.15) is 16.2 Å². The van der Waals surface area contributed by atoms with E-state index in [4.69, 9.17) is 11.6 Å². The van der Waals surface area contributed by atoms with Crippen molar-refractivity contribution in [2.75, 3.05) is 7.05 Å². The summed E-state index contributed by atoms with van der Waals surface area (Å²) in [7, 11) is 1.91. The quantitative estimate of drug-likeness (QED) is 0.598. The summed E-state index contributed by atoms with van der Waals surface area (Å²) in [6, 6.07) is 0. The van der Waals surface area contributed by atoms with Crippen molar-refractivity contribution in [3.63, 3.8) is 0 Å². The molecule has 0 fully saturated rings. The van der Waals surface area contributed by atoms with Crippen LogP contribution in [0.5, 0.6) is 0 Å². The second-order valence-corrected chi connectivity index (χ2v) is 3.92. The van der Waals surface area contributed by atoms with Crippen LogP contribution >= 0.6 is 11.6 Å². The molecule has 0 amide bonds. The fraction of sp³-hybridized carbons (Fsp3) is 0.500. The lowest BCUT2D eigenvalue weighted by Gasteiger charge is -2.34. The number of hydrogen-bond donors (Lipinski definition) is 1. The number of rotatable bonds is 0. The molecule has 5 heteroatoms. The molecular formula is C8H11ClN4. The standard InChI is InChI=1S/C8H11ClN4/c1-8(2)12-7-5(10-4-11-7)6(9)13(8)3/h4H,1-3H3,(H,10,11,12). The minimum Gasteiger partial charge on any atom is -0.341 e. The lowest BCUT2D eigenvalue weighted by molar-refractivity contribution is 0.242. The van der Waals surface area contributed by atoms with Gasteiger partial charge in [0.25, 0.3) is 0 Å². The van der Waals surface area contributed by atoms with E-state index in [2.05, 4.69) is 15.0 Å². The van der Waals surface area contributed by atoms with Gasteiger partial charge in [-0.1, -0.05) is 11.6 Å². The number of halogens is 1. The molecule has 0 aromatic carbocycles. The zero-order valence-electron chi connectivity index (χ0n) is 7.80. The maximum Gasteiger partial charge on any atom is 0.178 e. The highest BCUT2D eigenvalue weighted by atomic mass is 35.5. The number of aromatic nitrogens is 2. The molecule has 1 N–H and O–H groups in total. The van der Waals surface area contributed by atoms with E-state index in [0.717, 1.165) is 5.35 Å². The number of H-pyrrole nitrogens is 1. The maximum absolute atomic E-state index is 6.13. The SMILES string of the molecule is CN1C(Cl)=c2[nH]cnc2=NC1(C)C. The first kappa shape index (κ1) is 8.56. The fourth-order valence-corrected chi connectivity index (χ4v) is 1.61. The Morgan fingerprint density at radius 2 is 2.23 bits per heavy atom. The molecule has 0 radical (unpaired) electrons. The second-order valence-electron chi connectivity index (χ2n) is 3.56. The van der Waals surface area contributed by atoms with Gasteiger partial charge in [0.15, 0.2) is 5.49 Å². The number of hydrogen-bond acceptors (Lipinski definition) is 3. The van der Waals surface area contributed by atoms with Crippen LogP contribution in [0.15, 0.2) is 11.3 Å². The summed E-state index contributed by atoms with van der Waals surface area (Å²) in [6.45, 7) is 3.99. The molecule has 0 unspecified atom stereocenters. The highest BCUT2D eigenvalue weighted by molar-refractivity contribution is 6.44. The number of nitrogens with zero attached hydrogens (tertiary/aromatic N) is 3. The van der Waals surface area contributed by atoms with E-state index < -0.39 is 0 Å². The largest absolute Gasteiger partial charge is 0.341 e. The van der Waals surface area contributed by atoms with Crippen LogP contribution in [0.1, 0.15) is 13.8 Å². The van der Waals surface area contributed by atoms with Gasteiger partial charge in [-0.3, -0.25) is 0 Å². The van der Waals surface area contributed by atoms with Gasteiger partial charge in [0.05, 0.1) is 6.33 Å². The van der Waals surface area contributed by atoms with Gasteiger partial charge >= 0.3 is 0 Å². The van der Waals surface area contributed by atoms with Crippen LogP contribution in [-0.2, 0) is 0 Å².